The highest BCUT2D eigenvalue weighted by molar-refractivity contribution is 6.07. The van der Waals surface area contributed by atoms with Crippen LogP contribution in [-0.2, 0) is 11.3 Å². The number of ether oxygens (including phenoxy) is 1. The zero-order valence-electron chi connectivity index (χ0n) is 15.4. The standard InChI is InChI=1S/C19H18N6O3/c1-3-24-11-10-14(22-24)18(26)21-16-15(12-20)25(13-8-6-5-7-9-13)23-17(16)19(27)28-4-2/h5-11H,3-4H2,1-2H3,(H,21,26). The molecule has 0 aliphatic carbocycles. The average molecular weight is 378 g/mol. The summed E-state index contributed by atoms with van der Waals surface area (Å²) in [7, 11) is 0. The molecule has 142 valence electrons. The lowest BCUT2D eigenvalue weighted by Gasteiger charge is -2.05. The van der Waals surface area contributed by atoms with Crippen molar-refractivity contribution in [2.24, 2.45) is 0 Å². The third-order valence-corrected chi connectivity index (χ3v) is 3.90. The fourth-order valence-corrected chi connectivity index (χ4v) is 2.57. The Morgan fingerprint density at radius 2 is 1.93 bits per heavy atom. The van der Waals surface area contributed by atoms with E-state index in [0.717, 1.165) is 0 Å². The third kappa shape index (κ3) is 3.61. The van der Waals surface area contributed by atoms with Gasteiger partial charge in [0.1, 0.15) is 11.8 Å². The zero-order valence-corrected chi connectivity index (χ0v) is 15.4. The van der Waals surface area contributed by atoms with Crippen LogP contribution in [0.4, 0.5) is 5.69 Å². The number of carbonyl (C=O) groups excluding carboxylic acids is 2. The lowest BCUT2D eigenvalue weighted by atomic mass is 10.2. The second kappa shape index (κ2) is 8.18. The molecule has 2 aromatic heterocycles. The van der Waals surface area contributed by atoms with E-state index in [2.05, 4.69) is 15.5 Å². The lowest BCUT2D eigenvalue weighted by molar-refractivity contribution is 0.0520. The normalized spacial score (nSPS) is 10.3. The molecule has 0 unspecified atom stereocenters. The van der Waals surface area contributed by atoms with Gasteiger partial charge in [0.05, 0.1) is 12.3 Å². The Bertz CT molecular complexity index is 1050. The first-order chi connectivity index (χ1) is 13.6. The minimum Gasteiger partial charge on any atom is -0.461 e. The maximum absolute atomic E-state index is 12.6. The van der Waals surface area contributed by atoms with E-state index in [9.17, 15) is 14.9 Å². The summed E-state index contributed by atoms with van der Waals surface area (Å²) >= 11 is 0. The highest BCUT2D eigenvalue weighted by Gasteiger charge is 2.27. The molecular formula is C19H18N6O3. The molecule has 0 radical (unpaired) electrons. The fraction of sp³-hybridized carbons (Fsp3) is 0.211. The number of anilines is 1. The van der Waals surface area contributed by atoms with Crippen LogP contribution in [0.15, 0.2) is 42.6 Å². The largest absolute Gasteiger partial charge is 0.461 e. The Kier molecular flexibility index (Phi) is 5.50. The number of aromatic nitrogens is 4. The van der Waals surface area contributed by atoms with Gasteiger partial charge in [-0.05, 0) is 32.0 Å². The van der Waals surface area contributed by atoms with Gasteiger partial charge in [0, 0.05) is 12.7 Å². The van der Waals surface area contributed by atoms with Crippen molar-refractivity contribution < 1.29 is 14.3 Å². The van der Waals surface area contributed by atoms with Gasteiger partial charge in [-0.15, -0.1) is 0 Å². The molecule has 1 amide bonds. The number of rotatable bonds is 6. The highest BCUT2D eigenvalue weighted by Crippen LogP contribution is 2.25. The molecule has 3 aromatic rings. The molecule has 0 aliphatic rings. The predicted molar refractivity (Wildman–Crippen MR) is 100 cm³/mol. The van der Waals surface area contributed by atoms with Crippen molar-refractivity contribution in [2.75, 3.05) is 11.9 Å². The van der Waals surface area contributed by atoms with Crippen molar-refractivity contribution >= 4 is 17.6 Å². The van der Waals surface area contributed by atoms with Crippen molar-refractivity contribution in [3.8, 4) is 11.8 Å². The SMILES string of the molecule is CCOC(=O)c1nn(-c2ccccc2)c(C#N)c1NC(=O)c1ccn(CC)n1. The van der Waals surface area contributed by atoms with Gasteiger partial charge in [-0.1, -0.05) is 18.2 Å². The van der Waals surface area contributed by atoms with Crippen molar-refractivity contribution in [1.29, 1.82) is 5.26 Å². The summed E-state index contributed by atoms with van der Waals surface area (Å²) in [5, 5.41) is 20.6. The van der Waals surface area contributed by atoms with E-state index in [1.54, 1.807) is 48.1 Å². The molecule has 0 saturated carbocycles. The number of esters is 1. The summed E-state index contributed by atoms with van der Waals surface area (Å²) in [5.74, 6) is -1.29. The quantitative estimate of drug-likeness (QED) is 0.659. The van der Waals surface area contributed by atoms with Crippen molar-refractivity contribution in [2.45, 2.75) is 20.4 Å². The summed E-state index contributed by atoms with van der Waals surface area (Å²) in [6, 6.07) is 12.4. The maximum Gasteiger partial charge on any atom is 0.361 e. The van der Waals surface area contributed by atoms with Gasteiger partial charge < -0.3 is 10.1 Å². The maximum atomic E-state index is 12.6. The molecule has 1 aromatic carbocycles. The van der Waals surface area contributed by atoms with E-state index in [1.165, 1.54) is 4.68 Å². The number of carbonyl (C=O) groups is 2. The Labute approximate surface area is 161 Å². The van der Waals surface area contributed by atoms with Crippen LogP contribution >= 0.6 is 0 Å². The summed E-state index contributed by atoms with van der Waals surface area (Å²) < 4.78 is 7.93. The second-order valence-corrected chi connectivity index (χ2v) is 5.66. The molecular weight excluding hydrogens is 360 g/mol. The zero-order chi connectivity index (χ0) is 20.1. The molecule has 2 heterocycles. The van der Waals surface area contributed by atoms with Crippen LogP contribution in [0.2, 0.25) is 0 Å². The molecule has 0 bridgehead atoms. The number of hydrogen-bond acceptors (Lipinski definition) is 6. The highest BCUT2D eigenvalue weighted by atomic mass is 16.5. The van der Waals surface area contributed by atoms with E-state index in [0.29, 0.717) is 12.2 Å². The van der Waals surface area contributed by atoms with E-state index < -0.39 is 11.9 Å². The minimum atomic E-state index is -0.733. The van der Waals surface area contributed by atoms with Gasteiger partial charge in [0.25, 0.3) is 5.91 Å². The molecule has 0 spiro atoms. The number of nitrogens with one attached hydrogen (secondary N) is 1. The molecule has 0 saturated heterocycles. The van der Waals surface area contributed by atoms with Crippen LogP contribution in [0, 0.1) is 11.3 Å². The fourth-order valence-electron chi connectivity index (χ4n) is 2.57. The number of nitrogens with zero attached hydrogens (tertiary/aromatic N) is 5. The van der Waals surface area contributed by atoms with Crippen LogP contribution in [-0.4, -0.2) is 38.0 Å². The van der Waals surface area contributed by atoms with E-state index >= 15 is 0 Å². The van der Waals surface area contributed by atoms with Crippen molar-refractivity contribution in [3.05, 3.63) is 59.7 Å². The second-order valence-electron chi connectivity index (χ2n) is 5.66. The first-order valence-electron chi connectivity index (χ1n) is 8.69. The van der Waals surface area contributed by atoms with E-state index in [4.69, 9.17) is 4.74 Å². The molecule has 3 rings (SSSR count). The third-order valence-electron chi connectivity index (χ3n) is 3.90. The Balaban J connectivity index is 2.07. The monoisotopic (exact) mass is 378 g/mol. The molecule has 1 N–H and O–H groups in total. The van der Waals surface area contributed by atoms with Gasteiger partial charge in [-0.25, -0.2) is 9.48 Å². The number of amides is 1. The average Bonchev–Trinajstić information content (AvgIpc) is 3.33. The van der Waals surface area contributed by atoms with Crippen LogP contribution in [0.25, 0.3) is 5.69 Å². The number of para-hydroxylation sites is 1. The molecule has 9 nitrogen and oxygen atoms in total. The van der Waals surface area contributed by atoms with Gasteiger partial charge in [0.2, 0.25) is 0 Å². The molecule has 9 heteroatoms. The summed E-state index contributed by atoms with van der Waals surface area (Å²) in [4.78, 5) is 25.0. The number of nitriles is 1. The Morgan fingerprint density at radius 3 is 2.54 bits per heavy atom. The van der Waals surface area contributed by atoms with Gasteiger partial charge in [-0.3, -0.25) is 9.48 Å². The van der Waals surface area contributed by atoms with E-state index in [-0.39, 0.29) is 29.4 Å². The van der Waals surface area contributed by atoms with Crippen LogP contribution in [0.3, 0.4) is 0 Å². The predicted octanol–water partition coefficient (Wildman–Crippen LogP) is 2.39. The smallest absolute Gasteiger partial charge is 0.361 e. The van der Waals surface area contributed by atoms with Gasteiger partial charge in [0.15, 0.2) is 17.1 Å². The summed E-state index contributed by atoms with van der Waals surface area (Å²) in [6.45, 7) is 4.29. The van der Waals surface area contributed by atoms with Gasteiger partial charge in [-0.2, -0.15) is 15.5 Å². The van der Waals surface area contributed by atoms with Crippen molar-refractivity contribution in [1.82, 2.24) is 19.6 Å². The number of aryl methyl sites for hydroxylation is 1. The Hall–Kier alpha value is -3.93. The van der Waals surface area contributed by atoms with Crippen LogP contribution in [0.1, 0.15) is 40.5 Å². The molecule has 0 aliphatic heterocycles. The van der Waals surface area contributed by atoms with Crippen LogP contribution < -0.4 is 5.32 Å². The first-order valence-corrected chi connectivity index (χ1v) is 8.69. The Morgan fingerprint density at radius 1 is 1.18 bits per heavy atom. The number of benzene rings is 1. The van der Waals surface area contributed by atoms with Gasteiger partial charge >= 0.3 is 5.97 Å². The summed E-state index contributed by atoms with van der Waals surface area (Å²) in [6.07, 6.45) is 1.67. The summed E-state index contributed by atoms with van der Waals surface area (Å²) in [5.41, 5.74) is 0.581. The molecule has 28 heavy (non-hydrogen) atoms. The number of hydrogen-bond donors (Lipinski definition) is 1. The molecule has 0 fully saturated rings. The lowest BCUT2D eigenvalue weighted by Crippen LogP contribution is -2.17. The topological polar surface area (TPSA) is 115 Å². The molecule has 0 atom stereocenters. The first kappa shape index (κ1) is 18.8. The van der Waals surface area contributed by atoms with Crippen LogP contribution in [0.5, 0.6) is 0 Å². The van der Waals surface area contributed by atoms with E-state index in [1.807, 2.05) is 19.1 Å². The van der Waals surface area contributed by atoms with Crippen molar-refractivity contribution in [3.63, 3.8) is 0 Å². The minimum absolute atomic E-state index is 0.0116.